The Morgan fingerprint density at radius 1 is 1.24 bits per heavy atom. The molecular formula is C16H13FN2O2. The van der Waals surface area contributed by atoms with Crippen molar-refractivity contribution in [3.8, 4) is 11.8 Å². The van der Waals surface area contributed by atoms with E-state index in [9.17, 15) is 9.18 Å². The smallest absolute Gasteiger partial charge is 0.259 e. The van der Waals surface area contributed by atoms with Gasteiger partial charge in [0, 0.05) is 6.42 Å². The molecule has 0 aliphatic carbocycles. The summed E-state index contributed by atoms with van der Waals surface area (Å²) in [7, 11) is 0. The molecule has 0 saturated carbocycles. The number of rotatable bonds is 3. The molecule has 2 aromatic rings. The number of carbonyl (C=O) groups excluding carboxylic acids is 1. The minimum atomic E-state index is -0.589. The first-order valence-corrected chi connectivity index (χ1v) is 6.33. The highest BCUT2D eigenvalue weighted by Gasteiger charge is 2.11. The van der Waals surface area contributed by atoms with Gasteiger partial charge in [0.05, 0.1) is 12.2 Å². The van der Waals surface area contributed by atoms with Crippen molar-refractivity contribution in [1.29, 1.82) is 0 Å². The molecule has 4 nitrogen and oxygen atoms in total. The lowest BCUT2D eigenvalue weighted by atomic mass is 10.2. The third kappa shape index (κ3) is 4.13. The first-order chi connectivity index (χ1) is 10.2. The molecule has 0 spiro atoms. The number of halogens is 1. The second-order valence-corrected chi connectivity index (χ2v) is 4.12. The molecule has 1 aromatic carbocycles. The van der Waals surface area contributed by atoms with E-state index in [2.05, 4.69) is 22.1 Å². The van der Waals surface area contributed by atoms with E-state index < -0.39 is 11.7 Å². The van der Waals surface area contributed by atoms with Gasteiger partial charge in [0.2, 0.25) is 0 Å². The van der Waals surface area contributed by atoms with E-state index >= 15 is 0 Å². The Labute approximate surface area is 121 Å². The van der Waals surface area contributed by atoms with Crippen LogP contribution in [-0.2, 0) is 0 Å². The van der Waals surface area contributed by atoms with Crippen LogP contribution in [0.25, 0.3) is 0 Å². The number of aromatic nitrogens is 1. The highest BCUT2D eigenvalue weighted by Crippen LogP contribution is 2.10. The minimum absolute atomic E-state index is 0.0172. The van der Waals surface area contributed by atoms with E-state index in [1.54, 1.807) is 24.3 Å². The molecule has 0 unspecified atom stereocenters. The number of nitrogens with one attached hydrogen (secondary N) is 1. The van der Waals surface area contributed by atoms with Crippen molar-refractivity contribution in [1.82, 2.24) is 4.98 Å². The van der Waals surface area contributed by atoms with E-state index in [0.717, 1.165) is 0 Å². The van der Waals surface area contributed by atoms with Crippen molar-refractivity contribution in [2.45, 2.75) is 6.42 Å². The Hall–Kier alpha value is -2.71. The van der Waals surface area contributed by atoms with Crippen molar-refractivity contribution < 1.29 is 14.3 Å². The van der Waals surface area contributed by atoms with Crippen molar-refractivity contribution in [3.63, 3.8) is 0 Å². The number of hydrogen-bond acceptors (Lipinski definition) is 3. The predicted octanol–water partition coefficient (Wildman–Crippen LogP) is 2.21. The molecule has 2 rings (SSSR count). The molecule has 0 atom stereocenters. The molecule has 1 amide bonds. The van der Waals surface area contributed by atoms with Crippen LogP contribution in [0.5, 0.6) is 0 Å². The number of benzene rings is 1. The molecule has 0 aliphatic heterocycles. The summed E-state index contributed by atoms with van der Waals surface area (Å²) >= 11 is 0. The van der Waals surface area contributed by atoms with E-state index in [4.69, 9.17) is 5.11 Å². The summed E-state index contributed by atoms with van der Waals surface area (Å²) in [4.78, 5) is 16.1. The molecule has 1 heterocycles. The van der Waals surface area contributed by atoms with Gasteiger partial charge in [0.1, 0.15) is 17.3 Å². The summed E-state index contributed by atoms with van der Waals surface area (Å²) in [6, 6.07) is 10.7. The van der Waals surface area contributed by atoms with E-state index in [1.165, 1.54) is 18.2 Å². The van der Waals surface area contributed by atoms with Gasteiger partial charge in [-0.25, -0.2) is 9.37 Å². The Bertz CT molecular complexity index is 705. The van der Waals surface area contributed by atoms with Crippen LogP contribution in [-0.4, -0.2) is 22.6 Å². The number of amides is 1. The Morgan fingerprint density at radius 2 is 2.05 bits per heavy atom. The number of hydrogen-bond donors (Lipinski definition) is 2. The minimum Gasteiger partial charge on any atom is -0.395 e. The van der Waals surface area contributed by atoms with Crippen LogP contribution in [0, 0.1) is 17.7 Å². The second kappa shape index (κ2) is 7.17. The van der Waals surface area contributed by atoms with Gasteiger partial charge in [-0.15, -0.1) is 0 Å². The van der Waals surface area contributed by atoms with Gasteiger partial charge in [-0.05, 0) is 30.2 Å². The highest BCUT2D eigenvalue weighted by molar-refractivity contribution is 6.03. The molecule has 21 heavy (non-hydrogen) atoms. The number of anilines is 1. The van der Waals surface area contributed by atoms with Crippen LogP contribution in [0.4, 0.5) is 10.2 Å². The van der Waals surface area contributed by atoms with Crippen molar-refractivity contribution in [3.05, 3.63) is 59.5 Å². The van der Waals surface area contributed by atoms with Crippen molar-refractivity contribution >= 4 is 11.7 Å². The Kier molecular flexibility index (Phi) is 5.02. The lowest BCUT2D eigenvalue weighted by molar-refractivity contribution is 0.102. The van der Waals surface area contributed by atoms with Gasteiger partial charge in [0.15, 0.2) is 0 Å². The lowest BCUT2D eigenvalue weighted by Crippen LogP contribution is -2.14. The summed E-state index contributed by atoms with van der Waals surface area (Å²) in [6.45, 7) is -0.0172. The van der Waals surface area contributed by atoms with Crippen molar-refractivity contribution in [2.24, 2.45) is 0 Å². The average Bonchev–Trinajstić information content (AvgIpc) is 2.48. The summed E-state index contributed by atoms with van der Waals surface area (Å²) in [5.41, 5.74) is 0.422. The fourth-order valence-electron chi connectivity index (χ4n) is 1.61. The highest BCUT2D eigenvalue weighted by atomic mass is 19.1. The maximum absolute atomic E-state index is 13.5. The third-order valence-electron chi connectivity index (χ3n) is 2.56. The van der Waals surface area contributed by atoms with Crippen LogP contribution < -0.4 is 5.32 Å². The van der Waals surface area contributed by atoms with Crippen LogP contribution >= 0.6 is 0 Å². The Morgan fingerprint density at radius 3 is 2.81 bits per heavy atom. The molecule has 0 radical (unpaired) electrons. The maximum atomic E-state index is 13.5. The van der Waals surface area contributed by atoms with E-state index in [0.29, 0.717) is 17.9 Å². The molecule has 106 valence electrons. The van der Waals surface area contributed by atoms with Gasteiger partial charge >= 0.3 is 0 Å². The zero-order chi connectivity index (χ0) is 15.1. The number of pyridine rings is 1. The van der Waals surface area contributed by atoms with Gasteiger partial charge in [-0.1, -0.05) is 24.1 Å². The second-order valence-electron chi connectivity index (χ2n) is 4.12. The molecule has 2 N–H and O–H groups in total. The van der Waals surface area contributed by atoms with Crippen LogP contribution in [0.2, 0.25) is 0 Å². The zero-order valence-electron chi connectivity index (χ0n) is 11.1. The SMILES string of the molecule is O=C(Nc1cccc(C#CCCO)n1)c1ccccc1F. The first-order valence-electron chi connectivity index (χ1n) is 6.33. The fourth-order valence-corrected chi connectivity index (χ4v) is 1.61. The number of aliphatic hydroxyl groups excluding tert-OH is 1. The van der Waals surface area contributed by atoms with Crippen LogP contribution in [0.1, 0.15) is 22.5 Å². The number of carbonyl (C=O) groups is 1. The summed E-state index contributed by atoms with van der Waals surface area (Å²) in [5, 5.41) is 11.2. The molecule has 0 bridgehead atoms. The fraction of sp³-hybridized carbons (Fsp3) is 0.125. The third-order valence-corrected chi connectivity index (χ3v) is 2.56. The van der Waals surface area contributed by atoms with E-state index in [1.807, 2.05) is 0 Å². The topological polar surface area (TPSA) is 62.2 Å². The largest absolute Gasteiger partial charge is 0.395 e. The predicted molar refractivity (Wildman–Crippen MR) is 77.2 cm³/mol. The lowest BCUT2D eigenvalue weighted by Gasteiger charge is -2.05. The van der Waals surface area contributed by atoms with Gasteiger partial charge < -0.3 is 10.4 Å². The summed E-state index contributed by atoms with van der Waals surface area (Å²) in [5.74, 6) is 4.63. The first kappa shape index (κ1) is 14.7. The Balaban J connectivity index is 2.14. The van der Waals surface area contributed by atoms with Gasteiger partial charge in [0.25, 0.3) is 5.91 Å². The van der Waals surface area contributed by atoms with Crippen LogP contribution in [0.3, 0.4) is 0 Å². The zero-order valence-corrected chi connectivity index (χ0v) is 11.1. The van der Waals surface area contributed by atoms with Crippen molar-refractivity contribution in [2.75, 3.05) is 11.9 Å². The molecule has 0 aliphatic rings. The monoisotopic (exact) mass is 284 g/mol. The molecule has 0 saturated heterocycles. The van der Waals surface area contributed by atoms with Gasteiger partial charge in [-0.2, -0.15) is 0 Å². The molecule has 1 aromatic heterocycles. The van der Waals surface area contributed by atoms with Crippen LogP contribution in [0.15, 0.2) is 42.5 Å². The average molecular weight is 284 g/mol. The normalized spacial score (nSPS) is 9.62. The molecular weight excluding hydrogens is 271 g/mol. The summed E-state index contributed by atoms with van der Waals surface area (Å²) < 4.78 is 13.5. The maximum Gasteiger partial charge on any atom is 0.259 e. The molecule has 5 heteroatoms. The van der Waals surface area contributed by atoms with E-state index in [-0.39, 0.29) is 12.2 Å². The standard InChI is InChI=1S/C16H13FN2O2/c17-14-9-2-1-8-13(14)16(21)19-15-10-5-7-12(18-15)6-3-4-11-20/h1-2,5,7-10,20H,4,11H2,(H,18,19,21). The van der Waals surface area contributed by atoms with Gasteiger partial charge in [-0.3, -0.25) is 4.79 Å². The number of aliphatic hydroxyl groups is 1. The number of nitrogens with zero attached hydrogens (tertiary/aromatic N) is 1. The quantitative estimate of drug-likeness (QED) is 0.849. The molecule has 0 fully saturated rings. The summed E-state index contributed by atoms with van der Waals surface area (Å²) in [6.07, 6.45) is 0.355.